The summed E-state index contributed by atoms with van der Waals surface area (Å²) in [4.78, 5) is 9.92. The standard InChI is InChI=1S/C9H13FN4O/c1-6-7(10)8(11)13-9(12-6)14-2-4-15-5-3-14/h2-5H2,1H3,(H2,11,12,13). The zero-order valence-corrected chi connectivity index (χ0v) is 8.53. The number of ether oxygens (including phenoxy) is 1. The quantitative estimate of drug-likeness (QED) is 0.727. The maximum Gasteiger partial charge on any atom is 0.227 e. The van der Waals surface area contributed by atoms with Crippen LogP contribution in [0.4, 0.5) is 16.2 Å². The second kappa shape index (κ2) is 3.98. The van der Waals surface area contributed by atoms with E-state index in [2.05, 4.69) is 9.97 Å². The van der Waals surface area contributed by atoms with Crippen LogP contribution < -0.4 is 10.6 Å². The van der Waals surface area contributed by atoms with Gasteiger partial charge in [-0.15, -0.1) is 0 Å². The number of aromatic nitrogens is 2. The molecule has 6 heteroatoms. The number of halogens is 1. The number of aryl methyl sites for hydroxylation is 1. The van der Waals surface area contributed by atoms with Gasteiger partial charge in [0.1, 0.15) is 0 Å². The zero-order valence-electron chi connectivity index (χ0n) is 8.53. The molecular formula is C9H13FN4O. The van der Waals surface area contributed by atoms with Crippen LogP contribution in [0.3, 0.4) is 0 Å². The average molecular weight is 212 g/mol. The Balaban J connectivity index is 2.27. The number of hydrogen-bond donors (Lipinski definition) is 1. The second-order valence-corrected chi connectivity index (χ2v) is 3.41. The van der Waals surface area contributed by atoms with Crippen molar-refractivity contribution in [2.75, 3.05) is 36.9 Å². The smallest absolute Gasteiger partial charge is 0.227 e. The minimum Gasteiger partial charge on any atom is -0.381 e. The number of nitrogens with two attached hydrogens (primary N) is 1. The summed E-state index contributed by atoms with van der Waals surface area (Å²) in [7, 11) is 0. The molecule has 5 nitrogen and oxygen atoms in total. The fraction of sp³-hybridized carbons (Fsp3) is 0.556. The van der Waals surface area contributed by atoms with Crippen LogP contribution in [0.25, 0.3) is 0 Å². The summed E-state index contributed by atoms with van der Waals surface area (Å²) in [6.07, 6.45) is 0. The SMILES string of the molecule is Cc1nc(N2CCOCC2)nc(N)c1F. The van der Waals surface area contributed by atoms with Crippen molar-refractivity contribution in [3.63, 3.8) is 0 Å². The predicted octanol–water partition coefficient (Wildman–Crippen LogP) is 0.343. The van der Waals surface area contributed by atoms with Crippen LogP contribution >= 0.6 is 0 Å². The molecule has 0 bridgehead atoms. The lowest BCUT2D eigenvalue weighted by Crippen LogP contribution is -2.37. The first kappa shape index (κ1) is 10.1. The molecular weight excluding hydrogens is 199 g/mol. The van der Waals surface area contributed by atoms with Gasteiger partial charge in [-0.2, -0.15) is 4.98 Å². The number of nitrogens with zero attached hydrogens (tertiary/aromatic N) is 3. The summed E-state index contributed by atoms with van der Waals surface area (Å²) in [5, 5.41) is 0. The van der Waals surface area contributed by atoms with Gasteiger partial charge in [0.15, 0.2) is 11.6 Å². The molecule has 0 spiro atoms. The monoisotopic (exact) mass is 212 g/mol. The van der Waals surface area contributed by atoms with Gasteiger partial charge < -0.3 is 15.4 Å². The van der Waals surface area contributed by atoms with Crippen LogP contribution in [-0.4, -0.2) is 36.3 Å². The van der Waals surface area contributed by atoms with Crippen LogP contribution in [0.5, 0.6) is 0 Å². The number of rotatable bonds is 1. The van der Waals surface area contributed by atoms with Gasteiger partial charge in [-0.05, 0) is 6.92 Å². The Hall–Kier alpha value is -1.43. The molecule has 0 amide bonds. The molecule has 2 rings (SSSR count). The minimum atomic E-state index is -0.535. The fourth-order valence-corrected chi connectivity index (χ4v) is 1.47. The van der Waals surface area contributed by atoms with E-state index in [-0.39, 0.29) is 11.5 Å². The van der Waals surface area contributed by atoms with Crippen molar-refractivity contribution in [3.8, 4) is 0 Å². The summed E-state index contributed by atoms with van der Waals surface area (Å²) in [6, 6.07) is 0. The Kier molecular flexibility index (Phi) is 2.68. The van der Waals surface area contributed by atoms with Gasteiger partial charge in [0.05, 0.1) is 18.9 Å². The third-order valence-electron chi connectivity index (χ3n) is 2.32. The highest BCUT2D eigenvalue weighted by Crippen LogP contribution is 2.16. The van der Waals surface area contributed by atoms with E-state index in [0.29, 0.717) is 32.3 Å². The van der Waals surface area contributed by atoms with Crippen molar-refractivity contribution in [3.05, 3.63) is 11.5 Å². The average Bonchev–Trinajstić information content (AvgIpc) is 2.26. The van der Waals surface area contributed by atoms with Gasteiger partial charge in [0.2, 0.25) is 5.95 Å². The Morgan fingerprint density at radius 1 is 1.33 bits per heavy atom. The summed E-state index contributed by atoms with van der Waals surface area (Å²) in [5.74, 6) is -0.147. The van der Waals surface area contributed by atoms with Crippen LogP contribution in [0.1, 0.15) is 5.69 Å². The molecule has 82 valence electrons. The number of morpholine rings is 1. The van der Waals surface area contributed by atoms with E-state index >= 15 is 0 Å². The number of anilines is 2. The third kappa shape index (κ3) is 1.99. The van der Waals surface area contributed by atoms with E-state index in [1.54, 1.807) is 6.92 Å². The van der Waals surface area contributed by atoms with Crippen molar-refractivity contribution >= 4 is 11.8 Å². The van der Waals surface area contributed by atoms with Crippen molar-refractivity contribution in [2.24, 2.45) is 0 Å². The summed E-state index contributed by atoms with van der Waals surface area (Å²) in [5.41, 5.74) is 5.73. The lowest BCUT2D eigenvalue weighted by molar-refractivity contribution is 0.122. The van der Waals surface area contributed by atoms with Crippen molar-refractivity contribution in [1.29, 1.82) is 0 Å². The molecule has 0 radical (unpaired) electrons. The van der Waals surface area contributed by atoms with Crippen molar-refractivity contribution < 1.29 is 9.13 Å². The minimum absolute atomic E-state index is 0.0935. The molecule has 0 unspecified atom stereocenters. The summed E-state index contributed by atoms with van der Waals surface area (Å²) in [6.45, 7) is 4.28. The first-order valence-corrected chi connectivity index (χ1v) is 4.81. The molecule has 2 N–H and O–H groups in total. The second-order valence-electron chi connectivity index (χ2n) is 3.41. The molecule has 1 saturated heterocycles. The molecule has 2 heterocycles. The van der Waals surface area contributed by atoms with E-state index in [0.717, 1.165) is 0 Å². The highest BCUT2D eigenvalue weighted by molar-refractivity contribution is 5.41. The third-order valence-corrected chi connectivity index (χ3v) is 2.32. The largest absolute Gasteiger partial charge is 0.381 e. The fourth-order valence-electron chi connectivity index (χ4n) is 1.47. The van der Waals surface area contributed by atoms with Crippen LogP contribution in [0.15, 0.2) is 0 Å². The van der Waals surface area contributed by atoms with E-state index in [1.165, 1.54) is 0 Å². The molecule has 0 aromatic carbocycles. The molecule has 0 aliphatic carbocycles. The van der Waals surface area contributed by atoms with Gasteiger partial charge >= 0.3 is 0 Å². The first-order chi connectivity index (χ1) is 7.18. The molecule has 0 saturated carbocycles. The molecule has 0 atom stereocenters. The Labute approximate surface area is 87.1 Å². The van der Waals surface area contributed by atoms with Crippen LogP contribution in [0.2, 0.25) is 0 Å². The van der Waals surface area contributed by atoms with E-state index in [4.69, 9.17) is 10.5 Å². The molecule has 1 aromatic heterocycles. The van der Waals surface area contributed by atoms with E-state index in [9.17, 15) is 4.39 Å². The van der Waals surface area contributed by atoms with Crippen LogP contribution in [-0.2, 0) is 4.74 Å². The highest BCUT2D eigenvalue weighted by Gasteiger charge is 2.16. The number of nitrogen functional groups attached to an aromatic ring is 1. The molecule has 1 aliphatic heterocycles. The summed E-state index contributed by atoms with van der Waals surface area (Å²) >= 11 is 0. The summed E-state index contributed by atoms with van der Waals surface area (Å²) < 4.78 is 18.4. The van der Waals surface area contributed by atoms with E-state index < -0.39 is 5.82 Å². The Bertz CT molecular complexity index is 342. The van der Waals surface area contributed by atoms with Gasteiger partial charge in [0.25, 0.3) is 0 Å². The normalized spacial score (nSPS) is 16.8. The maximum atomic E-state index is 13.2. The first-order valence-electron chi connectivity index (χ1n) is 4.81. The molecule has 1 fully saturated rings. The van der Waals surface area contributed by atoms with Gasteiger partial charge in [-0.3, -0.25) is 0 Å². The van der Waals surface area contributed by atoms with Gasteiger partial charge in [-0.1, -0.05) is 0 Å². The van der Waals surface area contributed by atoms with Gasteiger partial charge in [0, 0.05) is 13.1 Å². The Morgan fingerprint density at radius 3 is 2.60 bits per heavy atom. The predicted molar refractivity (Wildman–Crippen MR) is 54.2 cm³/mol. The molecule has 1 aliphatic rings. The molecule has 1 aromatic rings. The Morgan fingerprint density at radius 2 is 2.00 bits per heavy atom. The van der Waals surface area contributed by atoms with E-state index in [1.807, 2.05) is 4.90 Å². The van der Waals surface area contributed by atoms with Gasteiger partial charge in [-0.25, -0.2) is 9.37 Å². The topological polar surface area (TPSA) is 64.3 Å². The number of hydrogen-bond acceptors (Lipinski definition) is 5. The lowest BCUT2D eigenvalue weighted by Gasteiger charge is -2.27. The molecule has 15 heavy (non-hydrogen) atoms. The lowest BCUT2D eigenvalue weighted by atomic mass is 10.4. The van der Waals surface area contributed by atoms with Crippen molar-refractivity contribution in [2.45, 2.75) is 6.92 Å². The zero-order chi connectivity index (χ0) is 10.8. The highest BCUT2D eigenvalue weighted by atomic mass is 19.1. The van der Waals surface area contributed by atoms with Crippen molar-refractivity contribution in [1.82, 2.24) is 9.97 Å². The van der Waals surface area contributed by atoms with Crippen LogP contribution in [0, 0.1) is 12.7 Å². The maximum absolute atomic E-state index is 13.2.